The molecular formula is C27H24N4O6S2. The van der Waals surface area contributed by atoms with Crippen LogP contribution in [0.4, 0.5) is 11.4 Å². The number of ether oxygens (including phenoxy) is 1. The maximum Gasteiger partial charge on any atom is 0.335 e. The quantitative estimate of drug-likeness (QED) is 0.261. The number of methoxy groups -OCH3 is 1. The number of aromatic nitrogens is 1. The van der Waals surface area contributed by atoms with Gasteiger partial charge in [0.05, 0.1) is 36.4 Å². The van der Waals surface area contributed by atoms with Crippen molar-refractivity contribution in [2.24, 2.45) is 0 Å². The summed E-state index contributed by atoms with van der Waals surface area (Å²) in [5, 5.41) is 13.1. The van der Waals surface area contributed by atoms with E-state index in [2.05, 4.69) is 15.0 Å². The summed E-state index contributed by atoms with van der Waals surface area (Å²) in [6.45, 7) is 0. The number of carbonyl (C=O) groups is 1. The van der Waals surface area contributed by atoms with Crippen molar-refractivity contribution in [3.63, 3.8) is 0 Å². The second kappa shape index (κ2) is 10.4. The highest BCUT2D eigenvalue weighted by Gasteiger charge is 2.43. The molecule has 1 saturated heterocycles. The number of furan rings is 1. The predicted octanol–water partition coefficient (Wildman–Crippen LogP) is 4.60. The van der Waals surface area contributed by atoms with E-state index < -0.39 is 22.0 Å². The first-order chi connectivity index (χ1) is 18.6. The highest BCUT2D eigenvalue weighted by Crippen LogP contribution is 2.44. The van der Waals surface area contributed by atoms with Gasteiger partial charge in [-0.1, -0.05) is 18.2 Å². The van der Waals surface area contributed by atoms with Gasteiger partial charge in [-0.25, -0.2) is 13.2 Å². The van der Waals surface area contributed by atoms with Gasteiger partial charge < -0.3 is 24.5 Å². The van der Waals surface area contributed by atoms with Gasteiger partial charge in [-0.2, -0.15) is 0 Å². The van der Waals surface area contributed by atoms with Gasteiger partial charge in [0.15, 0.2) is 5.11 Å². The summed E-state index contributed by atoms with van der Waals surface area (Å²) in [6.07, 6.45) is 2.76. The first-order valence-electron chi connectivity index (χ1n) is 11.7. The molecule has 39 heavy (non-hydrogen) atoms. The van der Waals surface area contributed by atoms with Crippen LogP contribution in [0.1, 0.15) is 33.9 Å². The Morgan fingerprint density at radius 2 is 1.95 bits per heavy atom. The largest absolute Gasteiger partial charge is 0.494 e. The molecule has 0 amide bonds. The Balaban J connectivity index is 1.59. The first-order valence-corrected chi connectivity index (χ1v) is 14.0. The average Bonchev–Trinajstić information content (AvgIpc) is 3.53. The number of thiocarbonyl (C=S) groups is 1. The van der Waals surface area contributed by atoms with Crippen molar-refractivity contribution in [3.05, 3.63) is 96.0 Å². The normalized spacial score (nSPS) is 17.1. The Hall–Kier alpha value is -4.42. The fourth-order valence-electron chi connectivity index (χ4n) is 4.51. The van der Waals surface area contributed by atoms with Crippen LogP contribution in [0.2, 0.25) is 0 Å². The summed E-state index contributed by atoms with van der Waals surface area (Å²) in [6, 6.07) is 19.9. The molecule has 2 aromatic carbocycles. The molecule has 1 aliphatic rings. The molecule has 3 heterocycles. The number of benzene rings is 2. The van der Waals surface area contributed by atoms with Crippen LogP contribution in [0.25, 0.3) is 11.3 Å². The molecule has 1 aliphatic heterocycles. The second-order valence-electron chi connectivity index (χ2n) is 8.84. The lowest BCUT2D eigenvalue weighted by molar-refractivity contribution is 0.0697. The average molecular weight is 565 g/mol. The van der Waals surface area contributed by atoms with Crippen molar-refractivity contribution in [1.29, 1.82) is 0 Å². The lowest BCUT2D eigenvalue weighted by Crippen LogP contribution is -2.29. The molecule has 200 valence electrons. The molecule has 0 unspecified atom stereocenters. The predicted molar refractivity (Wildman–Crippen MR) is 150 cm³/mol. The van der Waals surface area contributed by atoms with Crippen LogP contribution in [0.5, 0.6) is 5.75 Å². The van der Waals surface area contributed by atoms with Gasteiger partial charge in [-0.3, -0.25) is 9.71 Å². The monoisotopic (exact) mass is 564 g/mol. The zero-order valence-electron chi connectivity index (χ0n) is 20.9. The van der Waals surface area contributed by atoms with Crippen LogP contribution in [0.15, 0.2) is 83.4 Å². The van der Waals surface area contributed by atoms with E-state index in [-0.39, 0.29) is 11.6 Å². The Morgan fingerprint density at radius 1 is 1.13 bits per heavy atom. The number of anilines is 2. The number of hydrogen-bond acceptors (Lipinski definition) is 7. The minimum absolute atomic E-state index is 0.150. The van der Waals surface area contributed by atoms with Gasteiger partial charge in [0.1, 0.15) is 23.3 Å². The summed E-state index contributed by atoms with van der Waals surface area (Å²) in [5.74, 6) is 0.339. The van der Waals surface area contributed by atoms with Crippen LogP contribution in [-0.4, -0.2) is 43.0 Å². The molecule has 10 nitrogen and oxygen atoms in total. The van der Waals surface area contributed by atoms with E-state index in [4.69, 9.17) is 21.4 Å². The molecule has 0 bridgehead atoms. The topological polar surface area (TPSA) is 134 Å². The Bertz CT molecular complexity index is 1660. The molecule has 4 aromatic rings. The minimum Gasteiger partial charge on any atom is -0.494 e. The lowest BCUT2D eigenvalue weighted by Gasteiger charge is -2.27. The molecule has 5 rings (SSSR count). The number of rotatable bonds is 8. The lowest BCUT2D eigenvalue weighted by atomic mass is 10.0. The molecule has 0 saturated carbocycles. The molecule has 0 radical (unpaired) electrons. The van der Waals surface area contributed by atoms with Gasteiger partial charge in [-0.05, 0) is 60.7 Å². The number of sulfonamides is 1. The van der Waals surface area contributed by atoms with E-state index in [1.165, 1.54) is 13.2 Å². The number of nitrogens with one attached hydrogen (secondary N) is 2. The van der Waals surface area contributed by atoms with E-state index in [0.29, 0.717) is 39.3 Å². The molecule has 3 N–H and O–H groups in total. The number of aromatic carboxylic acids is 1. The molecule has 0 spiro atoms. The number of carboxylic acids is 1. The molecule has 1 fully saturated rings. The van der Waals surface area contributed by atoms with Gasteiger partial charge in [0.2, 0.25) is 10.0 Å². The highest BCUT2D eigenvalue weighted by atomic mass is 32.2. The van der Waals surface area contributed by atoms with Gasteiger partial charge in [0, 0.05) is 23.5 Å². The summed E-state index contributed by atoms with van der Waals surface area (Å²) in [5.41, 5.74) is 2.43. The minimum atomic E-state index is -3.52. The third kappa shape index (κ3) is 5.42. The van der Waals surface area contributed by atoms with Crippen LogP contribution in [-0.2, 0) is 10.0 Å². The maximum absolute atomic E-state index is 11.8. The van der Waals surface area contributed by atoms with Crippen molar-refractivity contribution in [2.75, 3.05) is 23.0 Å². The zero-order chi connectivity index (χ0) is 27.7. The van der Waals surface area contributed by atoms with E-state index in [1.54, 1.807) is 48.7 Å². The van der Waals surface area contributed by atoms with Crippen molar-refractivity contribution in [3.8, 4) is 17.1 Å². The van der Waals surface area contributed by atoms with E-state index in [0.717, 1.165) is 11.9 Å². The summed E-state index contributed by atoms with van der Waals surface area (Å²) < 4.78 is 37.9. The van der Waals surface area contributed by atoms with Crippen molar-refractivity contribution < 1.29 is 27.5 Å². The maximum atomic E-state index is 11.8. The number of hydrogen-bond donors (Lipinski definition) is 3. The number of carboxylic acid groups (broad SMARTS) is 1. The van der Waals surface area contributed by atoms with Crippen LogP contribution in [0, 0.1) is 0 Å². The van der Waals surface area contributed by atoms with Crippen LogP contribution >= 0.6 is 12.2 Å². The van der Waals surface area contributed by atoms with E-state index in [9.17, 15) is 18.3 Å². The Morgan fingerprint density at radius 3 is 2.64 bits per heavy atom. The van der Waals surface area contributed by atoms with E-state index >= 15 is 0 Å². The van der Waals surface area contributed by atoms with Gasteiger partial charge in [0.25, 0.3) is 0 Å². The summed E-state index contributed by atoms with van der Waals surface area (Å²) in [7, 11) is -2.08. The van der Waals surface area contributed by atoms with Gasteiger partial charge in [-0.15, -0.1) is 0 Å². The zero-order valence-corrected chi connectivity index (χ0v) is 22.5. The molecule has 2 atom stereocenters. The van der Waals surface area contributed by atoms with Gasteiger partial charge >= 0.3 is 5.97 Å². The van der Waals surface area contributed by atoms with Crippen LogP contribution < -0.4 is 19.7 Å². The van der Waals surface area contributed by atoms with Crippen molar-refractivity contribution in [2.45, 2.75) is 12.1 Å². The molecule has 12 heteroatoms. The SMILES string of the molecule is COc1cc(N2C(=S)N[C@H](c3ccccn3)[C@@H]2c2ccc(-c3cccc(C(=O)O)c3)o2)ccc1NS(C)(=O)=O. The fourth-order valence-corrected chi connectivity index (χ4v) is 5.42. The smallest absolute Gasteiger partial charge is 0.335 e. The first kappa shape index (κ1) is 26.2. The highest BCUT2D eigenvalue weighted by molar-refractivity contribution is 7.92. The third-order valence-corrected chi connectivity index (χ3v) is 7.07. The summed E-state index contributed by atoms with van der Waals surface area (Å²) in [4.78, 5) is 17.9. The Labute approximate surface area is 230 Å². The van der Waals surface area contributed by atoms with E-state index in [1.807, 2.05) is 29.2 Å². The molecule has 0 aliphatic carbocycles. The number of pyridine rings is 1. The summed E-state index contributed by atoms with van der Waals surface area (Å²) >= 11 is 5.75. The third-order valence-electron chi connectivity index (χ3n) is 6.17. The molecule has 2 aromatic heterocycles. The fraction of sp³-hybridized carbons (Fsp3) is 0.148. The van der Waals surface area contributed by atoms with Crippen molar-refractivity contribution >= 4 is 44.7 Å². The van der Waals surface area contributed by atoms with Crippen molar-refractivity contribution in [1.82, 2.24) is 10.3 Å². The standard InChI is InChI=1S/C27H24N4O6S2/c1-36-23-15-18(9-10-19(23)30-39(2,34)35)31-25(24(29-27(31)38)20-8-3-4-13-28-20)22-12-11-21(37-22)16-6-5-7-17(14-16)26(32)33/h3-15,24-25,30H,1-2H3,(H,29,38)(H,32,33)/t24-,25+/m1/s1. The number of nitrogens with zero attached hydrogens (tertiary/aromatic N) is 2. The second-order valence-corrected chi connectivity index (χ2v) is 11.0. The van der Waals surface area contributed by atoms with Crippen LogP contribution in [0.3, 0.4) is 0 Å². The molecular weight excluding hydrogens is 540 g/mol. The Kier molecular flexibility index (Phi) is 6.98.